The van der Waals surface area contributed by atoms with Crippen LogP contribution >= 0.6 is 11.3 Å². The summed E-state index contributed by atoms with van der Waals surface area (Å²) in [6.07, 6.45) is 0.532. The molecule has 0 saturated heterocycles. The van der Waals surface area contributed by atoms with Gasteiger partial charge in [-0.2, -0.15) is 5.10 Å². The number of aliphatic hydroxyl groups excluding tert-OH is 1. The Labute approximate surface area is 117 Å². The van der Waals surface area contributed by atoms with Crippen LogP contribution in [0.25, 0.3) is 0 Å². The minimum absolute atomic E-state index is 0.121. The van der Waals surface area contributed by atoms with Gasteiger partial charge in [0.2, 0.25) is 0 Å². The second-order valence-electron chi connectivity index (χ2n) is 4.49. The van der Waals surface area contributed by atoms with Gasteiger partial charge in [-0.05, 0) is 38.5 Å². The van der Waals surface area contributed by atoms with Gasteiger partial charge in [-0.25, -0.2) is 0 Å². The van der Waals surface area contributed by atoms with E-state index < -0.39 is 0 Å². The van der Waals surface area contributed by atoms with Gasteiger partial charge < -0.3 is 5.11 Å². The highest BCUT2D eigenvalue weighted by Crippen LogP contribution is 2.19. The first-order chi connectivity index (χ1) is 9.11. The molecule has 19 heavy (non-hydrogen) atoms. The number of aromatic nitrogens is 2. The molecule has 0 aromatic carbocycles. The molecule has 3 nitrogen and oxygen atoms in total. The van der Waals surface area contributed by atoms with E-state index in [4.69, 9.17) is 5.11 Å². The zero-order valence-electron chi connectivity index (χ0n) is 11.5. The molecule has 0 aliphatic heterocycles. The molecule has 0 atom stereocenters. The van der Waals surface area contributed by atoms with Crippen LogP contribution in [0.15, 0.2) is 12.1 Å². The molecule has 0 fully saturated rings. The van der Waals surface area contributed by atoms with E-state index in [0.29, 0.717) is 6.42 Å². The van der Waals surface area contributed by atoms with Gasteiger partial charge in [-0.3, -0.25) is 4.68 Å². The lowest BCUT2D eigenvalue weighted by molar-refractivity contribution is 0.305. The summed E-state index contributed by atoms with van der Waals surface area (Å²) in [5, 5.41) is 13.2. The maximum absolute atomic E-state index is 8.69. The molecule has 0 amide bonds. The van der Waals surface area contributed by atoms with Gasteiger partial charge in [0.25, 0.3) is 0 Å². The van der Waals surface area contributed by atoms with Crippen LogP contribution in [0.3, 0.4) is 0 Å². The summed E-state index contributed by atoms with van der Waals surface area (Å²) in [4.78, 5) is 2.29. The third kappa shape index (κ3) is 3.25. The topological polar surface area (TPSA) is 38.0 Å². The van der Waals surface area contributed by atoms with Crippen molar-refractivity contribution in [3.8, 4) is 11.8 Å². The van der Waals surface area contributed by atoms with Crippen LogP contribution in [-0.2, 0) is 6.54 Å². The molecule has 0 aliphatic rings. The molecule has 2 rings (SSSR count). The smallest absolute Gasteiger partial charge is 0.0772 e. The average molecular weight is 274 g/mol. The predicted octanol–water partition coefficient (Wildman–Crippen LogP) is 2.65. The minimum Gasteiger partial charge on any atom is -0.395 e. The zero-order valence-corrected chi connectivity index (χ0v) is 12.3. The summed E-state index contributed by atoms with van der Waals surface area (Å²) >= 11 is 1.69. The van der Waals surface area contributed by atoms with E-state index in [1.807, 2.05) is 17.7 Å². The van der Waals surface area contributed by atoms with Gasteiger partial charge >= 0.3 is 0 Å². The molecule has 0 bridgehead atoms. The van der Waals surface area contributed by atoms with Crippen LogP contribution in [-0.4, -0.2) is 21.5 Å². The maximum Gasteiger partial charge on any atom is 0.0772 e. The van der Waals surface area contributed by atoms with E-state index in [9.17, 15) is 0 Å². The summed E-state index contributed by atoms with van der Waals surface area (Å²) in [5.74, 6) is 6.00. The van der Waals surface area contributed by atoms with Gasteiger partial charge in [0, 0.05) is 17.0 Å². The monoisotopic (exact) mass is 274 g/mol. The first-order valence-electron chi connectivity index (χ1n) is 6.31. The van der Waals surface area contributed by atoms with E-state index >= 15 is 0 Å². The Kier molecular flexibility index (Phi) is 4.41. The molecule has 0 saturated carbocycles. The zero-order chi connectivity index (χ0) is 13.8. The molecule has 0 unspecified atom stereocenters. The van der Waals surface area contributed by atoms with Crippen molar-refractivity contribution in [3.63, 3.8) is 0 Å². The van der Waals surface area contributed by atoms with Gasteiger partial charge in [0.1, 0.15) is 0 Å². The molecule has 2 aromatic heterocycles. The highest BCUT2D eigenvalue weighted by molar-refractivity contribution is 7.12. The largest absolute Gasteiger partial charge is 0.395 e. The lowest BCUT2D eigenvalue weighted by Crippen LogP contribution is -2.02. The van der Waals surface area contributed by atoms with Gasteiger partial charge in [-0.15, -0.1) is 11.3 Å². The van der Waals surface area contributed by atoms with Crippen molar-refractivity contribution in [2.24, 2.45) is 0 Å². The average Bonchev–Trinajstić information content (AvgIpc) is 2.92. The highest BCUT2D eigenvalue weighted by atomic mass is 32.1. The second kappa shape index (κ2) is 6.05. The van der Waals surface area contributed by atoms with Crippen LogP contribution in [0, 0.1) is 32.6 Å². The SMILES string of the molecule is Cc1nn(Cc2ccc(C#CCCO)s2)c(C)c1C. The van der Waals surface area contributed by atoms with Crippen molar-refractivity contribution in [3.05, 3.63) is 38.8 Å². The lowest BCUT2D eigenvalue weighted by atomic mass is 10.2. The van der Waals surface area contributed by atoms with Crippen LogP contribution in [0.1, 0.15) is 33.1 Å². The first-order valence-corrected chi connectivity index (χ1v) is 7.12. The van der Waals surface area contributed by atoms with Crippen molar-refractivity contribution in [1.29, 1.82) is 0 Å². The summed E-state index contributed by atoms with van der Waals surface area (Å²) < 4.78 is 2.04. The first kappa shape index (κ1) is 13.9. The number of hydrogen-bond donors (Lipinski definition) is 1. The lowest BCUT2D eigenvalue weighted by Gasteiger charge is -2.01. The number of aliphatic hydroxyl groups is 1. The predicted molar refractivity (Wildman–Crippen MR) is 78.4 cm³/mol. The Bertz CT molecular complexity index is 628. The van der Waals surface area contributed by atoms with Crippen LogP contribution in [0.5, 0.6) is 0 Å². The molecule has 0 radical (unpaired) electrons. The standard InChI is InChI=1S/C15H18N2OS/c1-11-12(2)16-17(13(11)3)10-15-8-7-14(19-15)6-4-5-9-18/h7-8,18H,5,9-10H2,1-3H3. The van der Waals surface area contributed by atoms with Crippen molar-refractivity contribution in [2.45, 2.75) is 33.7 Å². The van der Waals surface area contributed by atoms with Crippen molar-refractivity contribution in [1.82, 2.24) is 9.78 Å². The maximum atomic E-state index is 8.69. The van der Waals surface area contributed by atoms with Crippen LogP contribution in [0.4, 0.5) is 0 Å². The molecular formula is C15H18N2OS. The molecule has 100 valence electrons. The fourth-order valence-corrected chi connectivity index (χ4v) is 2.69. The normalized spacial score (nSPS) is 10.3. The summed E-state index contributed by atoms with van der Waals surface area (Å²) in [5.41, 5.74) is 3.58. The molecule has 2 heterocycles. The molecule has 1 N–H and O–H groups in total. The van der Waals surface area contributed by atoms with E-state index in [0.717, 1.165) is 17.1 Å². The summed E-state index contributed by atoms with van der Waals surface area (Å²) in [6.45, 7) is 7.17. The van der Waals surface area contributed by atoms with Crippen LogP contribution in [0.2, 0.25) is 0 Å². The van der Waals surface area contributed by atoms with E-state index in [2.05, 4.69) is 36.9 Å². The minimum atomic E-state index is 0.121. The van der Waals surface area contributed by atoms with Crippen molar-refractivity contribution >= 4 is 11.3 Å². The Hall–Kier alpha value is -1.57. The number of nitrogens with zero attached hydrogens (tertiary/aromatic N) is 2. The Morgan fingerprint density at radius 2 is 2.11 bits per heavy atom. The van der Waals surface area contributed by atoms with Crippen molar-refractivity contribution < 1.29 is 5.11 Å². The number of hydrogen-bond acceptors (Lipinski definition) is 3. The fraction of sp³-hybridized carbons (Fsp3) is 0.400. The molecule has 2 aromatic rings. The van der Waals surface area contributed by atoms with Gasteiger partial charge in [0.05, 0.1) is 23.7 Å². The number of aryl methyl sites for hydroxylation is 1. The number of rotatable bonds is 3. The molecule has 0 spiro atoms. The fourth-order valence-electron chi connectivity index (χ4n) is 1.82. The quantitative estimate of drug-likeness (QED) is 0.874. The van der Waals surface area contributed by atoms with Gasteiger partial charge in [0.15, 0.2) is 0 Å². The number of thiophene rings is 1. The Morgan fingerprint density at radius 1 is 1.32 bits per heavy atom. The highest BCUT2D eigenvalue weighted by Gasteiger charge is 2.08. The Balaban J connectivity index is 2.12. The van der Waals surface area contributed by atoms with E-state index in [1.54, 1.807) is 11.3 Å². The Morgan fingerprint density at radius 3 is 2.74 bits per heavy atom. The van der Waals surface area contributed by atoms with E-state index in [-0.39, 0.29) is 6.61 Å². The summed E-state index contributed by atoms with van der Waals surface area (Å²) in [7, 11) is 0. The molecule has 4 heteroatoms. The third-order valence-electron chi connectivity index (χ3n) is 3.16. The third-order valence-corrected chi connectivity index (χ3v) is 4.14. The molecular weight excluding hydrogens is 256 g/mol. The van der Waals surface area contributed by atoms with E-state index in [1.165, 1.54) is 16.1 Å². The second-order valence-corrected chi connectivity index (χ2v) is 5.66. The van der Waals surface area contributed by atoms with Gasteiger partial charge in [-0.1, -0.05) is 11.8 Å². The van der Waals surface area contributed by atoms with Crippen molar-refractivity contribution in [2.75, 3.05) is 6.61 Å². The molecule has 0 aliphatic carbocycles. The summed E-state index contributed by atoms with van der Waals surface area (Å²) in [6, 6.07) is 4.13. The van der Waals surface area contributed by atoms with Crippen LogP contribution < -0.4 is 0 Å².